The van der Waals surface area contributed by atoms with Crippen molar-refractivity contribution in [3.63, 3.8) is 0 Å². The summed E-state index contributed by atoms with van der Waals surface area (Å²) >= 11 is 0. The molecule has 2 nitrogen and oxygen atoms in total. The summed E-state index contributed by atoms with van der Waals surface area (Å²) in [6.45, 7) is 7.21. The molecule has 0 bridgehead atoms. The molecule has 1 aliphatic carbocycles. The fourth-order valence-corrected chi connectivity index (χ4v) is 3.79. The first-order valence-electron chi connectivity index (χ1n) is 8.40. The lowest BCUT2D eigenvalue weighted by Gasteiger charge is -2.42. The van der Waals surface area contributed by atoms with E-state index in [1.165, 1.54) is 6.42 Å². The molecule has 1 saturated carbocycles. The van der Waals surface area contributed by atoms with E-state index >= 15 is 0 Å². The Bertz CT molecular complexity index is 317. The number of hydrogen-bond acceptors (Lipinski definition) is 2. The van der Waals surface area contributed by atoms with Crippen LogP contribution in [0.2, 0.25) is 0 Å². The fraction of sp³-hybridized carbons (Fsp3) is 1.00. The Morgan fingerprint density at radius 1 is 1.14 bits per heavy atom. The molecule has 0 aromatic carbocycles. The average Bonchev–Trinajstić information content (AvgIpc) is 2.45. The van der Waals surface area contributed by atoms with Crippen LogP contribution in [0.15, 0.2) is 0 Å². The number of hydrogen-bond donors (Lipinski definition) is 1. The molecule has 3 unspecified atom stereocenters. The summed E-state index contributed by atoms with van der Waals surface area (Å²) < 4.78 is 38.8. The monoisotopic (exact) mass is 306 g/mol. The normalized spacial score (nSPS) is 32.6. The van der Waals surface area contributed by atoms with Gasteiger partial charge in [0.05, 0.1) is 5.92 Å². The quantitative estimate of drug-likeness (QED) is 0.849. The number of nitrogens with one attached hydrogen (secondary N) is 1. The van der Waals surface area contributed by atoms with E-state index in [9.17, 15) is 13.2 Å². The summed E-state index contributed by atoms with van der Waals surface area (Å²) in [6.07, 6.45) is 0.619. The van der Waals surface area contributed by atoms with Crippen molar-refractivity contribution in [3.05, 3.63) is 0 Å². The summed E-state index contributed by atoms with van der Waals surface area (Å²) in [4.78, 5) is 2.34. The van der Waals surface area contributed by atoms with Crippen molar-refractivity contribution in [2.75, 3.05) is 19.6 Å². The lowest BCUT2D eigenvalue weighted by molar-refractivity contribution is -0.187. The molecular weight excluding hydrogens is 277 g/mol. The van der Waals surface area contributed by atoms with E-state index in [0.29, 0.717) is 24.8 Å². The Labute approximate surface area is 126 Å². The van der Waals surface area contributed by atoms with Gasteiger partial charge in [-0.15, -0.1) is 0 Å². The topological polar surface area (TPSA) is 15.3 Å². The van der Waals surface area contributed by atoms with Gasteiger partial charge >= 0.3 is 6.18 Å². The number of piperidine rings is 1. The first-order valence-corrected chi connectivity index (χ1v) is 8.40. The number of likely N-dealkylation sites (tertiary alicyclic amines) is 1. The van der Waals surface area contributed by atoms with Gasteiger partial charge < -0.3 is 10.2 Å². The zero-order valence-electron chi connectivity index (χ0n) is 13.3. The van der Waals surface area contributed by atoms with Crippen molar-refractivity contribution in [1.82, 2.24) is 10.2 Å². The second-order valence-corrected chi connectivity index (χ2v) is 7.13. The maximum atomic E-state index is 12.9. The van der Waals surface area contributed by atoms with Crippen LogP contribution in [0.25, 0.3) is 0 Å². The summed E-state index contributed by atoms with van der Waals surface area (Å²) in [7, 11) is 0. The fourth-order valence-electron chi connectivity index (χ4n) is 3.79. The highest BCUT2D eigenvalue weighted by Gasteiger charge is 2.43. The maximum absolute atomic E-state index is 12.9. The van der Waals surface area contributed by atoms with Crippen molar-refractivity contribution in [1.29, 1.82) is 0 Å². The summed E-state index contributed by atoms with van der Waals surface area (Å²) in [5, 5.41) is 3.47. The molecule has 2 rings (SSSR count). The third-order valence-corrected chi connectivity index (χ3v) is 4.99. The van der Waals surface area contributed by atoms with Crippen LogP contribution in [-0.4, -0.2) is 42.8 Å². The van der Waals surface area contributed by atoms with Crippen LogP contribution >= 0.6 is 0 Å². The molecule has 21 heavy (non-hydrogen) atoms. The molecule has 0 amide bonds. The zero-order chi connectivity index (χ0) is 15.5. The molecular formula is C16H29F3N2. The summed E-state index contributed by atoms with van der Waals surface area (Å²) in [6, 6.07) is 0.622. The number of halogens is 3. The minimum atomic E-state index is -4.01. The predicted molar refractivity (Wildman–Crippen MR) is 79.2 cm³/mol. The summed E-state index contributed by atoms with van der Waals surface area (Å²) in [5.41, 5.74) is 0. The van der Waals surface area contributed by atoms with Gasteiger partial charge in [0.25, 0.3) is 0 Å². The molecule has 0 aromatic heterocycles. The minimum absolute atomic E-state index is 0.146. The molecule has 5 heteroatoms. The van der Waals surface area contributed by atoms with Crippen molar-refractivity contribution in [2.24, 2.45) is 11.8 Å². The van der Waals surface area contributed by atoms with Crippen LogP contribution in [-0.2, 0) is 0 Å². The number of rotatable bonds is 4. The molecule has 0 aromatic rings. The molecule has 0 radical (unpaired) electrons. The van der Waals surface area contributed by atoms with Gasteiger partial charge in [-0.1, -0.05) is 20.3 Å². The van der Waals surface area contributed by atoms with E-state index in [1.54, 1.807) is 0 Å². The zero-order valence-corrected chi connectivity index (χ0v) is 13.3. The van der Waals surface area contributed by atoms with Crippen LogP contribution < -0.4 is 5.32 Å². The second kappa shape index (κ2) is 7.32. The van der Waals surface area contributed by atoms with E-state index in [2.05, 4.69) is 24.1 Å². The molecule has 2 fully saturated rings. The van der Waals surface area contributed by atoms with Gasteiger partial charge in [0.2, 0.25) is 0 Å². The minimum Gasteiger partial charge on any atom is -0.314 e. The highest BCUT2D eigenvalue weighted by Crippen LogP contribution is 2.39. The van der Waals surface area contributed by atoms with E-state index in [1.807, 2.05) is 0 Å². The van der Waals surface area contributed by atoms with Crippen LogP contribution in [0.4, 0.5) is 13.2 Å². The first kappa shape index (κ1) is 17.1. The van der Waals surface area contributed by atoms with Crippen molar-refractivity contribution in [3.8, 4) is 0 Å². The Kier molecular flexibility index (Phi) is 5.95. The average molecular weight is 306 g/mol. The molecule has 1 heterocycles. The molecule has 1 N–H and O–H groups in total. The number of nitrogens with zero attached hydrogens (tertiary/aromatic N) is 1. The first-order chi connectivity index (χ1) is 9.86. The van der Waals surface area contributed by atoms with Gasteiger partial charge in [0.1, 0.15) is 0 Å². The van der Waals surface area contributed by atoms with E-state index < -0.39 is 12.1 Å². The van der Waals surface area contributed by atoms with E-state index in [0.717, 1.165) is 38.9 Å². The van der Waals surface area contributed by atoms with Crippen LogP contribution in [0.5, 0.6) is 0 Å². The van der Waals surface area contributed by atoms with Gasteiger partial charge in [-0.2, -0.15) is 13.2 Å². The van der Waals surface area contributed by atoms with Crippen molar-refractivity contribution >= 4 is 0 Å². The second-order valence-electron chi connectivity index (χ2n) is 7.13. The molecule has 3 atom stereocenters. The Hall–Kier alpha value is -0.290. The van der Waals surface area contributed by atoms with Gasteiger partial charge in [0, 0.05) is 18.6 Å². The SMILES string of the molecule is CC(C)NCC1CCCN(C2CCCC(C(F)(F)F)C2)C1. The van der Waals surface area contributed by atoms with Gasteiger partial charge in [-0.3, -0.25) is 0 Å². The molecule has 1 aliphatic heterocycles. The highest BCUT2D eigenvalue weighted by atomic mass is 19.4. The molecule has 124 valence electrons. The van der Waals surface area contributed by atoms with Gasteiger partial charge in [-0.05, 0) is 51.1 Å². The third-order valence-electron chi connectivity index (χ3n) is 4.99. The standard InChI is InChI=1S/C16H29F3N2/c1-12(2)20-10-13-5-4-8-21(11-13)15-7-3-6-14(9-15)16(17,18)19/h12-15,20H,3-11H2,1-2H3. The van der Waals surface area contributed by atoms with Crippen LogP contribution in [0, 0.1) is 11.8 Å². The smallest absolute Gasteiger partial charge is 0.314 e. The van der Waals surface area contributed by atoms with E-state index in [4.69, 9.17) is 0 Å². The molecule has 0 spiro atoms. The van der Waals surface area contributed by atoms with E-state index in [-0.39, 0.29) is 6.04 Å². The van der Waals surface area contributed by atoms with Crippen molar-refractivity contribution in [2.45, 2.75) is 70.6 Å². The van der Waals surface area contributed by atoms with Gasteiger partial charge in [-0.25, -0.2) is 0 Å². The maximum Gasteiger partial charge on any atom is 0.391 e. The molecule has 1 saturated heterocycles. The van der Waals surface area contributed by atoms with Crippen LogP contribution in [0.3, 0.4) is 0 Å². The Morgan fingerprint density at radius 2 is 1.90 bits per heavy atom. The molecule has 2 aliphatic rings. The van der Waals surface area contributed by atoms with Crippen molar-refractivity contribution < 1.29 is 13.2 Å². The van der Waals surface area contributed by atoms with Gasteiger partial charge in [0.15, 0.2) is 0 Å². The van der Waals surface area contributed by atoms with Crippen LogP contribution in [0.1, 0.15) is 52.4 Å². The number of alkyl halides is 3. The lowest BCUT2D eigenvalue weighted by atomic mass is 9.83. The Morgan fingerprint density at radius 3 is 2.57 bits per heavy atom. The summed E-state index contributed by atoms with van der Waals surface area (Å²) in [5.74, 6) is -0.488. The Balaban J connectivity index is 1.85. The predicted octanol–water partition coefficient (Wildman–Crippen LogP) is 3.82. The third kappa shape index (κ3) is 5.13. The lowest BCUT2D eigenvalue weighted by Crippen LogP contribution is -2.48. The highest BCUT2D eigenvalue weighted by molar-refractivity contribution is 4.86. The largest absolute Gasteiger partial charge is 0.391 e.